The van der Waals surface area contributed by atoms with Crippen molar-refractivity contribution >= 4 is 17.4 Å². The minimum Gasteiger partial charge on any atom is -0.342 e. The van der Waals surface area contributed by atoms with Gasteiger partial charge in [0.25, 0.3) is 11.7 Å². The Labute approximate surface area is 152 Å². The van der Waals surface area contributed by atoms with E-state index in [4.69, 9.17) is 18.9 Å². The van der Waals surface area contributed by atoms with Crippen LogP contribution in [0.5, 0.6) is 0 Å². The van der Waals surface area contributed by atoms with Crippen LogP contribution in [-0.4, -0.2) is 55.2 Å². The fourth-order valence-corrected chi connectivity index (χ4v) is 3.86. The zero-order chi connectivity index (χ0) is 18.7. The van der Waals surface area contributed by atoms with Crippen LogP contribution >= 0.6 is 0 Å². The Morgan fingerprint density at radius 1 is 1.04 bits per heavy atom. The van der Waals surface area contributed by atoms with Crippen LogP contribution in [0.4, 0.5) is 5.69 Å². The van der Waals surface area contributed by atoms with Gasteiger partial charge in [-0.25, -0.2) is 0 Å². The summed E-state index contributed by atoms with van der Waals surface area (Å²) in [5.41, 5.74) is 2.81. The third kappa shape index (κ3) is 2.85. The highest BCUT2D eigenvalue weighted by Gasteiger charge is 2.60. The van der Waals surface area contributed by atoms with E-state index in [0.717, 1.165) is 16.8 Å². The monoisotopic (exact) mass is 361 g/mol. The molecule has 140 valence electrons. The zero-order valence-electron chi connectivity index (χ0n) is 15.4. The van der Waals surface area contributed by atoms with E-state index < -0.39 is 23.8 Å². The molecule has 0 aromatic heterocycles. The highest BCUT2D eigenvalue weighted by molar-refractivity contribution is 6.00. The third-order valence-electron chi connectivity index (χ3n) is 4.91. The van der Waals surface area contributed by atoms with E-state index in [1.807, 2.05) is 32.0 Å². The number of aryl methyl sites for hydroxylation is 2. The maximum Gasteiger partial charge on any atom is 0.253 e. The van der Waals surface area contributed by atoms with E-state index >= 15 is 0 Å². The van der Waals surface area contributed by atoms with Gasteiger partial charge in [0.15, 0.2) is 11.9 Å². The number of carbonyl (C=O) groups is 2. The number of Topliss-reactive ketones (excluding diaryl/α,β-unsaturated/α-hetero) is 1. The minimum absolute atomic E-state index is 0.000564. The summed E-state index contributed by atoms with van der Waals surface area (Å²) in [6.45, 7) is 7.41. The molecular formula is C19H23NO6. The van der Waals surface area contributed by atoms with Crippen molar-refractivity contribution in [2.45, 2.75) is 51.5 Å². The van der Waals surface area contributed by atoms with Crippen molar-refractivity contribution in [3.63, 3.8) is 0 Å². The molecule has 0 saturated carbocycles. The molecule has 1 amide bonds. The predicted octanol–water partition coefficient (Wildman–Crippen LogP) is 1.48. The Kier molecular flexibility index (Phi) is 3.96. The summed E-state index contributed by atoms with van der Waals surface area (Å²) in [6, 6.07) is 5.86. The number of hydrogen-bond donors (Lipinski definition) is 0. The third-order valence-corrected chi connectivity index (χ3v) is 4.91. The number of morpholine rings is 1. The number of nitrogens with zero attached hydrogens (tertiary/aromatic N) is 1. The van der Waals surface area contributed by atoms with Crippen molar-refractivity contribution in [3.8, 4) is 0 Å². The van der Waals surface area contributed by atoms with Crippen molar-refractivity contribution < 1.29 is 28.5 Å². The standard InChI is InChI=1S/C19H23NO6/c1-11-5-12(2)7-13(6-11)20-10-19(24-9-15(20)21)17(22)16-14(8-23-19)25-18(3,4)26-16/h5-7,14,16H,8-10H2,1-4H3/t14-,16-,19-/m1/s1. The fraction of sp³-hybridized carbons (Fsp3) is 0.579. The van der Waals surface area contributed by atoms with Crippen LogP contribution in [0.15, 0.2) is 18.2 Å². The molecule has 26 heavy (non-hydrogen) atoms. The second-order valence-corrected chi connectivity index (χ2v) is 7.64. The number of hydrogen-bond acceptors (Lipinski definition) is 6. The van der Waals surface area contributed by atoms with Gasteiger partial charge in [0.2, 0.25) is 5.78 Å². The average Bonchev–Trinajstić information content (AvgIpc) is 2.87. The Balaban J connectivity index is 1.63. The first-order valence-electron chi connectivity index (χ1n) is 8.76. The summed E-state index contributed by atoms with van der Waals surface area (Å²) >= 11 is 0. The van der Waals surface area contributed by atoms with Crippen molar-refractivity contribution in [3.05, 3.63) is 29.3 Å². The molecule has 3 atom stereocenters. The first-order chi connectivity index (χ1) is 12.2. The minimum atomic E-state index is -1.52. The number of ether oxygens (including phenoxy) is 4. The van der Waals surface area contributed by atoms with Crippen LogP contribution < -0.4 is 4.90 Å². The molecule has 1 aromatic carbocycles. The van der Waals surface area contributed by atoms with Gasteiger partial charge in [0.05, 0.1) is 13.2 Å². The normalized spacial score (nSPS) is 33.6. The molecule has 1 spiro atoms. The van der Waals surface area contributed by atoms with E-state index in [1.165, 1.54) is 0 Å². The van der Waals surface area contributed by atoms with Crippen LogP contribution in [0.1, 0.15) is 25.0 Å². The number of anilines is 1. The summed E-state index contributed by atoms with van der Waals surface area (Å²) < 4.78 is 22.9. The lowest BCUT2D eigenvalue weighted by molar-refractivity contribution is -0.254. The molecule has 3 aliphatic rings. The molecule has 0 unspecified atom stereocenters. The van der Waals surface area contributed by atoms with E-state index in [1.54, 1.807) is 18.7 Å². The molecule has 4 rings (SSSR count). The quantitative estimate of drug-likeness (QED) is 0.754. The summed E-state index contributed by atoms with van der Waals surface area (Å²) in [4.78, 5) is 27.1. The van der Waals surface area contributed by atoms with Gasteiger partial charge in [-0.2, -0.15) is 0 Å². The molecule has 7 nitrogen and oxygen atoms in total. The maximum atomic E-state index is 13.1. The summed E-state index contributed by atoms with van der Waals surface area (Å²) in [5.74, 6) is -2.90. The van der Waals surface area contributed by atoms with Gasteiger partial charge >= 0.3 is 0 Å². The molecule has 0 radical (unpaired) electrons. The fourth-order valence-electron chi connectivity index (χ4n) is 3.86. The Morgan fingerprint density at radius 3 is 2.42 bits per heavy atom. The lowest BCUT2D eigenvalue weighted by Crippen LogP contribution is -2.67. The van der Waals surface area contributed by atoms with Crippen LogP contribution in [0.2, 0.25) is 0 Å². The van der Waals surface area contributed by atoms with Gasteiger partial charge < -0.3 is 23.8 Å². The van der Waals surface area contributed by atoms with Crippen molar-refractivity contribution in [1.82, 2.24) is 0 Å². The number of amides is 1. The Hall–Kier alpha value is -1.80. The van der Waals surface area contributed by atoms with Crippen LogP contribution in [0.25, 0.3) is 0 Å². The number of fused-ring (bicyclic) bond motifs is 1. The van der Waals surface area contributed by atoms with Gasteiger partial charge in [0, 0.05) is 5.69 Å². The molecule has 3 heterocycles. The summed E-state index contributed by atoms with van der Waals surface area (Å²) in [7, 11) is 0. The highest BCUT2D eigenvalue weighted by atomic mass is 16.8. The molecule has 3 fully saturated rings. The smallest absolute Gasteiger partial charge is 0.253 e. The van der Waals surface area contributed by atoms with Crippen molar-refractivity contribution in [1.29, 1.82) is 0 Å². The second kappa shape index (κ2) is 5.85. The molecular weight excluding hydrogens is 338 g/mol. The molecule has 0 N–H and O–H groups in total. The van der Waals surface area contributed by atoms with Gasteiger partial charge in [-0.1, -0.05) is 6.07 Å². The summed E-state index contributed by atoms with van der Waals surface area (Å²) in [5, 5.41) is 0. The van der Waals surface area contributed by atoms with Crippen molar-refractivity contribution in [2.75, 3.05) is 24.7 Å². The highest BCUT2D eigenvalue weighted by Crippen LogP contribution is 2.38. The topological polar surface area (TPSA) is 74.3 Å². The molecule has 7 heteroatoms. The van der Waals surface area contributed by atoms with Crippen LogP contribution in [-0.2, 0) is 28.5 Å². The molecule has 0 aliphatic carbocycles. The van der Waals surface area contributed by atoms with Gasteiger partial charge in [0.1, 0.15) is 12.7 Å². The lowest BCUT2D eigenvalue weighted by Gasteiger charge is -2.44. The zero-order valence-corrected chi connectivity index (χ0v) is 15.4. The van der Waals surface area contributed by atoms with Gasteiger partial charge in [-0.3, -0.25) is 9.59 Å². The Bertz CT molecular complexity index is 755. The number of rotatable bonds is 1. The van der Waals surface area contributed by atoms with E-state index in [-0.39, 0.29) is 31.4 Å². The largest absolute Gasteiger partial charge is 0.342 e. The molecule has 3 saturated heterocycles. The van der Waals surface area contributed by atoms with Gasteiger partial charge in [-0.15, -0.1) is 0 Å². The predicted molar refractivity (Wildman–Crippen MR) is 91.7 cm³/mol. The van der Waals surface area contributed by atoms with Crippen LogP contribution in [0.3, 0.4) is 0 Å². The van der Waals surface area contributed by atoms with Gasteiger partial charge in [-0.05, 0) is 51.0 Å². The first kappa shape index (κ1) is 17.6. The second-order valence-electron chi connectivity index (χ2n) is 7.64. The molecule has 1 aromatic rings. The number of ketones is 1. The molecule has 3 aliphatic heterocycles. The first-order valence-corrected chi connectivity index (χ1v) is 8.76. The number of carbonyl (C=O) groups excluding carboxylic acids is 2. The van der Waals surface area contributed by atoms with E-state index in [9.17, 15) is 9.59 Å². The van der Waals surface area contributed by atoms with E-state index in [0.29, 0.717) is 0 Å². The molecule has 0 bridgehead atoms. The van der Waals surface area contributed by atoms with E-state index in [2.05, 4.69) is 0 Å². The average molecular weight is 361 g/mol. The number of benzene rings is 1. The summed E-state index contributed by atoms with van der Waals surface area (Å²) in [6.07, 6.45) is -1.22. The Morgan fingerprint density at radius 2 is 1.73 bits per heavy atom. The maximum absolute atomic E-state index is 13.1. The van der Waals surface area contributed by atoms with Crippen LogP contribution in [0, 0.1) is 13.8 Å². The SMILES string of the molecule is Cc1cc(C)cc(N2C[C@]3(OCC2=O)OC[C@H]2OC(C)(C)O[C@H]2C3=O)c1. The lowest BCUT2D eigenvalue weighted by atomic mass is 9.96. The van der Waals surface area contributed by atoms with Crippen molar-refractivity contribution in [2.24, 2.45) is 0 Å².